The predicted molar refractivity (Wildman–Crippen MR) is 100 cm³/mol. The highest BCUT2D eigenvalue weighted by Crippen LogP contribution is 2.13. The van der Waals surface area contributed by atoms with Crippen LogP contribution >= 0.6 is 0 Å². The standard InChI is InChI=1S/C20H22N4O3/c1-13-11-16(10-9-15-7-5-4-6-8-15)27-20(26)17(13)19(25)22-14(2)18-23-21-12-24(18)3/h4-8,11-12,14H,9-10H2,1-3H3,(H,22,25). The molecule has 0 bridgehead atoms. The Kier molecular flexibility index (Phi) is 5.49. The van der Waals surface area contributed by atoms with Gasteiger partial charge < -0.3 is 14.3 Å². The molecule has 0 spiro atoms. The Labute approximate surface area is 157 Å². The van der Waals surface area contributed by atoms with E-state index >= 15 is 0 Å². The van der Waals surface area contributed by atoms with Crippen LogP contribution in [0.3, 0.4) is 0 Å². The third-order valence-corrected chi connectivity index (χ3v) is 4.41. The molecule has 0 aliphatic heterocycles. The van der Waals surface area contributed by atoms with Crippen LogP contribution in [-0.2, 0) is 19.9 Å². The first-order valence-corrected chi connectivity index (χ1v) is 8.78. The first-order chi connectivity index (χ1) is 13.0. The molecule has 1 atom stereocenters. The van der Waals surface area contributed by atoms with Gasteiger partial charge in [0.2, 0.25) is 0 Å². The van der Waals surface area contributed by atoms with Crippen molar-refractivity contribution in [1.82, 2.24) is 20.1 Å². The van der Waals surface area contributed by atoms with E-state index < -0.39 is 11.5 Å². The van der Waals surface area contributed by atoms with Gasteiger partial charge in [0.15, 0.2) is 5.82 Å². The second kappa shape index (κ2) is 7.99. The van der Waals surface area contributed by atoms with Gasteiger partial charge in [0.25, 0.3) is 5.91 Å². The maximum atomic E-state index is 12.6. The van der Waals surface area contributed by atoms with Crippen LogP contribution in [-0.4, -0.2) is 20.7 Å². The maximum Gasteiger partial charge on any atom is 0.349 e. The van der Waals surface area contributed by atoms with Gasteiger partial charge in [0.1, 0.15) is 17.7 Å². The van der Waals surface area contributed by atoms with Crippen molar-refractivity contribution in [2.24, 2.45) is 7.05 Å². The molecule has 7 heteroatoms. The Balaban J connectivity index is 1.73. The third-order valence-electron chi connectivity index (χ3n) is 4.41. The van der Waals surface area contributed by atoms with Crippen molar-refractivity contribution in [1.29, 1.82) is 0 Å². The number of nitrogens with zero attached hydrogens (tertiary/aromatic N) is 3. The van der Waals surface area contributed by atoms with E-state index in [4.69, 9.17) is 4.42 Å². The molecule has 0 aliphatic rings. The number of aryl methyl sites for hydroxylation is 4. The predicted octanol–water partition coefficient (Wildman–Crippen LogP) is 2.35. The van der Waals surface area contributed by atoms with Crippen LogP contribution in [0, 0.1) is 6.92 Å². The molecule has 0 saturated carbocycles. The first kappa shape index (κ1) is 18.6. The fourth-order valence-corrected chi connectivity index (χ4v) is 3.00. The highest BCUT2D eigenvalue weighted by Gasteiger charge is 2.21. The summed E-state index contributed by atoms with van der Waals surface area (Å²) in [5, 5.41) is 10.5. The van der Waals surface area contributed by atoms with Gasteiger partial charge >= 0.3 is 5.63 Å². The fraction of sp³-hybridized carbons (Fsp3) is 0.300. The SMILES string of the molecule is Cc1cc(CCc2ccccc2)oc(=O)c1C(=O)NC(C)c1nncn1C. The molecular formula is C20H22N4O3. The second-order valence-electron chi connectivity index (χ2n) is 6.54. The monoisotopic (exact) mass is 366 g/mol. The van der Waals surface area contributed by atoms with E-state index in [1.165, 1.54) is 0 Å². The lowest BCUT2D eigenvalue weighted by Crippen LogP contribution is -2.32. The third kappa shape index (κ3) is 4.31. The number of aromatic nitrogens is 3. The summed E-state index contributed by atoms with van der Waals surface area (Å²) in [6, 6.07) is 11.3. The van der Waals surface area contributed by atoms with Crippen LogP contribution < -0.4 is 10.9 Å². The summed E-state index contributed by atoms with van der Waals surface area (Å²) in [7, 11) is 1.79. The van der Waals surface area contributed by atoms with Gasteiger partial charge in [-0.3, -0.25) is 4.79 Å². The molecule has 2 heterocycles. The van der Waals surface area contributed by atoms with Crippen molar-refractivity contribution in [3.63, 3.8) is 0 Å². The normalized spacial score (nSPS) is 12.0. The van der Waals surface area contributed by atoms with Crippen LogP contribution in [0.4, 0.5) is 0 Å². The Morgan fingerprint density at radius 3 is 2.63 bits per heavy atom. The number of amides is 1. The lowest BCUT2D eigenvalue weighted by Gasteiger charge is -2.13. The number of hydrogen-bond donors (Lipinski definition) is 1. The van der Waals surface area contributed by atoms with E-state index in [1.807, 2.05) is 30.3 Å². The van der Waals surface area contributed by atoms with Gasteiger partial charge in [0.05, 0.1) is 6.04 Å². The van der Waals surface area contributed by atoms with Gasteiger partial charge in [-0.25, -0.2) is 4.79 Å². The minimum atomic E-state index is -0.624. The Morgan fingerprint density at radius 1 is 1.26 bits per heavy atom. The number of carbonyl (C=O) groups is 1. The van der Waals surface area contributed by atoms with Gasteiger partial charge in [-0.05, 0) is 37.5 Å². The Morgan fingerprint density at radius 2 is 2.00 bits per heavy atom. The van der Waals surface area contributed by atoms with E-state index in [0.29, 0.717) is 23.6 Å². The molecule has 1 unspecified atom stereocenters. The fourth-order valence-electron chi connectivity index (χ4n) is 3.00. The molecule has 0 radical (unpaired) electrons. The molecule has 140 valence electrons. The van der Waals surface area contributed by atoms with Crippen LogP contribution in [0.5, 0.6) is 0 Å². The summed E-state index contributed by atoms with van der Waals surface area (Å²) in [4.78, 5) is 25.0. The summed E-state index contributed by atoms with van der Waals surface area (Å²) in [6.07, 6.45) is 2.91. The zero-order valence-electron chi connectivity index (χ0n) is 15.6. The number of rotatable bonds is 6. The molecule has 0 saturated heterocycles. The topological polar surface area (TPSA) is 90.0 Å². The van der Waals surface area contributed by atoms with Crippen LogP contribution in [0.15, 0.2) is 51.9 Å². The molecule has 1 N–H and O–H groups in total. The summed E-state index contributed by atoms with van der Waals surface area (Å²) < 4.78 is 7.09. The summed E-state index contributed by atoms with van der Waals surface area (Å²) in [5.74, 6) is 0.690. The minimum absolute atomic E-state index is 0.0208. The lowest BCUT2D eigenvalue weighted by molar-refractivity contribution is 0.0932. The average molecular weight is 366 g/mol. The van der Waals surface area contributed by atoms with E-state index in [-0.39, 0.29) is 11.6 Å². The molecule has 2 aromatic heterocycles. The Bertz CT molecular complexity index is 992. The van der Waals surface area contributed by atoms with E-state index in [9.17, 15) is 9.59 Å². The lowest BCUT2D eigenvalue weighted by atomic mass is 10.1. The molecule has 0 fully saturated rings. The highest BCUT2D eigenvalue weighted by atomic mass is 16.4. The van der Waals surface area contributed by atoms with Crippen LogP contribution in [0.2, 0.25) is 0 Å². The molecular weight excluding hydrogens is 344 g/mol. The molecule has 7 nitrogen and oxygen atoms in total. The van der Waals surface area contributed by atoms with Crippen LogP contribution in [0.25, 0.3) is 0 Å². The van der Waals surface area contributed by atoms with Gasteiger partial charge in [0, 0.05) is 13.5 Å². The zero-order valence-corrected chi connectivity index (χ0v) is 15.6. The van der Waals surface area contributed by atoms with Gasteiger partial charge in [-0.1, -0.05) is 30.3 Å². The van der Waals surface area contributed by atoms with Crippen molar-refractivity contribution in [3.05, 3.63) is 81.4 Å². The highest BCUT2D eigenvalue weighted by molar-refractivity contribution is 5.95. The maximum absolute atomic E-state index is 12.6. The summed E-state index contributed by atoms with van der Waals surface area (Å²) in [5.41, 5.74) is 1.15. The zero-order chi connectivity index (χ0) is 19.4. The first-order valence-electron chi connectivity index (χ1n) is 8.78. The van der Waals surface area contributed by atoms with Crippen molar-refractivity contribution in [3.8, 4) is 0 Å². The number of hydrogen-bond acceptors (Lipinski definition) is 5. The quantitative estimate of drug-likeness (QED) is 0.723. The molecule has 1 amide bonds. The smallest absolute Gasteiger partial charge is 0.349 e. The number of benzene rings is 1. The van der Waals surface area contributed by atoms with E-state index in [0.717, 1.165) is 12.0 Å². The van der Waals surface area contributed by atoms with Gasteiger partial charge in [-0.15, -0.1) is 10.2 Å². The molecule has 27 heavy (non-hydrogen) atoms. The largest absolute Gasteiger partial charge is 0.427 e. The summed E-state index contributed by atoms with van der Waals surface area (Å²) in [6.45, 7) is 3.53. The van der Waals surface area contributed by atoms with Crippen LogP contribution in [0.1, 0.15) is 46.0 Å². The van der Waals surface area contributed by atoms with Crippen molar-refractivity contribution < 1.29 is 9.21 Å². The molecule has 3 aromatic rings. The molecule has 3 rings (SSSR count). The molecule has 0 aliphatic carbocycles. The van der Waals surface area contributed by atoms with E-state index in [1.54, 1.807) is 37.9 Å². The summed E-state index contributed by atoms with van der Waals surface area (Å²) >= 11 is 0. The van der Waals surface area contributed by atoms with Gasteiger partial charge in [-0.2, -0.15) is 0 Å². The second-order valence-corrected chi connectivity index (χ2v) is 6.54. The number of carbonyl (C=O) groups excluding carboxylic acids is 1. The van der Waals surface area contributed by atoms with Crippen molar-refractivity contribution in [2.45, 2.75) is 32.7 Å². The van der Waals surface area contributed by atoms with E-state index in [2.05, 4.69) is 15.5 Å². The average Bonchev–Trinajstić information content (AvgIpc) is 3.06. The molecule has 1 aromatic carbocycles. The van der Waals surface area contributed by atoms with Crippen molar-refractivity contribution in [2.75, 3.05) is 0 Å². The Hall–Kier alpha value is -3.22. The van der Waals surface area contributed by atoms with Crippen molar-refractivity contribution >= 4 is 5.91 Å². The number of nitrogens with one attached hydrogen (secondary N) is 1. The minimum Gasteiger partial charge on any atom is -0.427 e.